The maximum Gasteiger partial charge on any atom is 0.150 e. The molecule has 29 heavy (non-hydrogen) atoms. The molecule has 1 unspecified atom stereocenters. The standard InChI is InChI=1S/C23H22N6/c1-5-17(18-6-3-11-25-19(18)7-1)16-29-14-4-9-21(29)20-8-2-10-22(27-20)28-23-15-24-12-13-26-23/h1-3,5-8,10-13,15,21H,4,9,14,16H2,(H,26,27,28). The summed E-state index contributed by atoms with van der Waals surface area (Å²) in [5, 5.41) is 4.47. The molecule has 3 aromatic heterocycles. The first-order chi connectivity index (χ1) is 14.4. The minimum absolute atomic E-state index is 0.311. The quantitative estimate of drug-likeness (QED) is 0.548. The Labute approximate surface area is 169 Å². The Morgan fingerprint density at radius 3 is 2.83 bits per heavy atom. The van der Waals surface area contributed by atoms with Gasteiger partial charge >= 0.3 is 0 Å². The summed E-state index contributed by atoms with van der Waals surface area (Å²) < 4.78 is 0. The van der Waals surface area contributed by atoms with Crippen molar-refractivity contribution in [3.63, 3.8) is 0 Å². The molecule has 1 saturated heterocycles. The maximum absolute atomic E-state index is 4.87. The normalized spacial score (nSPS) is 16.9. The predicted octanol–water partition coefficient (Wildman–Crippen LogP) is 4.50. The minimum atomic E-state index is 0.311. The fourth-order valence-electron chi connectivity index (χ4n) is 4.08. The van der Waals surface area contributed by atoms with Gasteiger partial charge in [-0.3, -0.25) is 14.9 Å². The second kappa shape index (κ2) is 7.93. The van der Waals surface area contributed by atoms with Gasteiger partial charge in [-0.1, -0.05) is 24.3 Å². The number of hydrogen-bond acceptors (Lipinski definition) is 6. The lowest BCUT2D eigenvalue weighted by Crippen LogP contribution is -2.23. The molecule has 6 heteroatoms. The van der Waals surface area contributed by atoms with Crippen LogP contribution in [-0.2, 0) is 6.54 Å². The van der Waals surface area contributed by atoms with Gasteiger partial charge in [-0.2, -0.15) is 0 Å². The van der Waals surface area contributed by atoms with E-state index in [9.17, 15) is 0 Å². The zero-order valence-electron chi connectivity index (χ0n) is 16.1. The zero-order chi connectivity index (χ0) is 19.5. The number of anilines is 2. The summed E-state index contributed by atoms with van der Waals surface area (Å²) in [6, 6.07) is 17.0. The first-order valence-electron chi connectivity index (χ1n) is 9.93. The number of nitrogens with zero attached hydrogens (tertiary/aromatic N) is 5. The van der Waals surface area contributed by atoms with Gasteiger partial charge in [0.05, 0.1) is 23.4 Å². The van der Waals surface area contributed by atoms with Crippen LogP contribution < -0.4 is 5.32 Å². The number of nitrogens with one attached hydrogen (secondary N) is 1. The Bertz CT molecular complexity index is 1110. The lowest BCUT2D eigenvalue weighted by molar-refractivity contribution is 0.245. The van der Waals surface area contributed by atoms with Gasteiger partial charge in [0, 0.05) is 30.5 Å². The van der Waals surface area contributed by atoms with Gasteiger partial charge in [0.2, 0.25) is 0 Å². The largest absolute Gasteiger partial charge is 0.324 e. The monoisotopic (exact) mass is 382 g/mol. The van der Waals surface area contributed by atoms with Crippen LogP contribution in [0, 0.1) is 0 Å². The fraction of sp³-hybridized carbons (Fsp3) is 0.217. The average Bonchev–Trinajstić information content (AvgIpc) is 3.23. The molecule has 0 aliphatic carbocycles. The molecule has 1 aliphatic rings. The van der Waals surface area contributed by atoms with Crippen molar-refractivity contribution in [3.8, 4) is 0 Å². The Hall–Kier alpha value is -3.38. The van der Waals surface area contributed by atoms with Gasteiger partial charge in [-0.25, -0.2) is 9.97 Å². The number of likely N-dealkylation sites (tertiary alicyclic amines) is 1. The molecule has 144 valence electrons. The second-order valence-corrected chi connectivity index (χ2v) is 7.28. The molecule has 1 N–H and O–H groups in total. The summed E-state index contributed by atoms with van der Waals surface area (Å²) in [6.07, 6.45) is 9.18. The molecule has 1 fully saturated rings. The van der Waals surface area contributed by atoms with Crippen molar-refractivity contribution in [3.05, 3.63) is 84.6 Å². The van der Waals surface area contributed by atoms with Crippen molar-refractivity contribution in [2.75, 3.05) is 11.9 Å². The SMILES string of the molecule is c1cc(Nc2cnccn2)nc(C2CCCN2Cc2cccc3ncccc23)c1. The summed E-state index contributed by atoms with van der Waals surface area (Å²) in [6.45, 7) is 1.97. The van der Waals surface area contributed by atoms with Crippen molar-refractivity contribution in [2.45, 2.75) is 25.4 Å². The number of aromatic nitrogens is 4. The van der Waals surface area contributed by atoms with Gasteiger partial charge in [0.1, 0.15) is 11.6 Å². The predicted molar refractivity (Wildman–Crippen MR) is 114 cm³/mol. The fourth-order valence-corrected chi connectivity index (χ4v) is 4.08. The van der Waals surface area contributed by atoms with Gasteiger partial charge in [0.15, 0.2) is 0 Å². The average molecular weight is 382 g/mol. The molecule has 1 aliphatic heterocycles. The molecular formula is C23H22N6. The number of rotatable bonds is 5. The van der Waals surface area contributed by atoms with Crippen LogP contribution in [-0.4, -0.2) is 31.4 Å². The molecule has 5 rings (SSSR count). The third-order valence-corrected chi connectivity index (χ3v) is 5.40. The number of hydrogen-bond donors (Lipinski definition) is 1. The Kier molecular flexibility index (Phi) is 4.84. The summed E-state index contributed by atoms with van der Waals surface area (Å²) in [5.41, 5.74) is 3.46. The van der Waals surface area contributed by atoms with Crippen LogP contribution in [0.4, 0.5) is 11.6 Å². The van der Waals surface area contributed by atoms with Crippen LogP contribution in [0.25, 0.3) is 10.9 Å². The first kappa shape index (κ1) is 17.7. The second-order valence-electron chi connectivity index (χ2n) is 7.28. The molecule has 1 atom stereocenters. The number of fused-ring (bicyclic) bond motifs is 1. The molecule has 0 amide bonds. The smallest absolute Gasteiger partial charge is 0.150 e. The Morgan fingerprint density at radius 1 is 0.931 bits per heavy atom. The molecule has 0 saturated carbocycles. The van der Waals surface area contributed by atoms with Gasteiger partial charge in [0.25, 0.3) is 0 Å². The molecular weight excluding hydrogens is 360 g/mol. The van der Waals surface area contributed by atoms with Crippen LogP contribution in [0.15, 0.2) is 73.3 Å². The molecule has 0 radical (unpaired) electrons. The molecule has 0 bridgehead atoms. The van der Waals surface area contributed by atoms with Crippen LogP contribution in [0.3, 0.4) is 0 Å². The molecule has 4 aromatic rings. The van der Waals surface area contributed by atoms with E-state index in [0.717, 1.165) is 36.5 Å². The third kappa shape index (κ3) is 3.79. The van der Waals surface area contributed by atoms with E-state index in [1.54, 1.807) is 18.6 Å². The summed E-state index contributed by atoms with van der Waals surface area (Å²) >= 11 is 0. The summed E-state index contributed by atoms with van der Waals surface area (Å²) in [4.78, 5) is 20.3. The van der Waals surface area contributed by atoms with E-state index < -0.39 is 0 Å². The van der Waals surface area contributed by atoms with E-state index in [-0.39, 0.29) is 0 Å². The van der Waals surface area contributed by atoms with E-state index in [1.165, 1.54) is 17.4 Å². The van der Waals surface area contributed by atoms with Crippen LogP contribution in [0.2, 0.25) is 0 Å². The van der Waals surface area contributed by atoms with Gasteiger partial charge in [-0.05, 0) is 49.2 Å². The lowest BCUT2D eigenvalue weighted by atomic mass is 10.1. The van der Waals surface area contributed by atoms with Crippen LogP contribution >= 0.6 is 0 Å². The molecule has 1 aromatic carbocycles. The zero-order valence-corrected chi connectivity index (χ0v) is 16.1. The summed E-state index contributed by atoms with van der Waals surface area (Å²) in [5.74, 6) is 1.49. The van der Waals surface area contributed by atoms with E-state index in [0.29, 0.717) is 11.9 Å². The van der Waals surface area contributed by atoms with Crippen molar-refractivity contribution >= 4 is 22.5 Å². The third-order valence-electron chi connectivity index (χ3n) is 5.40. The maximum atomic E-state index is 4.87. The highest BCUT2D eigenvalue weighted by Gasteiger charge is 2.27. The number of pyridine rings is 2. The van der Waals surface area contributed by atoms with E-state index >= 15 is 0 Å². The van der Waals surface area contributed by atoms with Crippen molar-refractivity contribution in [1.82, 2.24) is 24.8 Å². The topological polar surface area (TPSA) is 66.8 Å². The minimum Gasteiger partial charge on any atom is -0.324 e. The van der Waals surface area contributed by atoms with E-state index in [1.807, 2.05) is 18.3 Å². The highest BCUT2D eigenvalue weighted by atomic mass is 15.2. The highest BCUT2D eigenvalue weighted by Crippen LogP contribution is 2.33. The van der Waals surface area contributed by atoms with Gasteiger partial charge < -0.3 is 5.32 Å². The number of benzene rings is 1. The molecule has 6 nitrogen and oxygen atoms in total. The lowest BCUT2D eigenvalue weighted by Gasteiger charge is -2.25. The summed E-state index contributed by atoms with van der Waals surface area (Å²) in [7, 11) is 0. The van der Waals surface area contributed by atoms with Gasteiger partial charge in [-0.15, -0.1) is 0 Å². The Balaban J connectivity index is 1.39. The van der Waals surface area contributed by atoms with Crippen molar-refractivity contribution in [1.29, 1.82) is 0 Å². The van der Waals surface area contributed by atoms with E-state index in [4.69, 9.17) is 4.98 Å². The highest BCUT2D eigenvalue weighted by molar-refractivity contribution is 5.81. The Morgan fingerprint density at radius 2 is 1.90 bits per heavy atom. The first-order valence-corrected chi connectivity index (χ1v) is 9.93. The van der Waals surface area contributed by atoms with Crippen molar-refractivity contribution < 1.29 is 0 Å². The van der Waals surface area contributed by atoms with Crippen molar-refractivity contribution in [2.24, 2.45) is 0 Å². The van der Waals surface area contributed by atoms with Crippen LogP contribution in [0.1, 0.15) is 30.1 Å². The van der Waals surface area contributed by atoms with E-state index in [2.05, 4.69) is 61.6 Å². The molecule has 0 spiro atoms. The van der Waals surface area contributed by atoms with Crippen LogP contribution in [0.5, 0.6) is 0 Å². The molecule has 4 heterocycles.